The molecular weight excluding hydrogens is 306 g/mol. The van der Waals surface area contributed by atoms with Gasteiger partial charge in [-0.1, -0.05) is 19.9 Å². The van der Waals surface area contributed by atoms with Crippen LogP contribution in [-0.2, 0) is 5.60 Å². The van der Waals surface area contributed by atoms with Gasteiger partial charge in [-0.05, 0) is 44.0 Å². The molecule has 0 aliphatic carbocycles. The molecule has 6 heteroatoms. The van der Waals surface area contributed by atoms with Gasteiger partial charge in [-0.15, -0.1) is 0 Å². The van der Waals surface area contributed by atoms with Crippen molar-refractivity contribution in [3.05, 3.63) is 53.7 Å². The first-order valence-electron chi connectivity index (χ1n) is 8.04. The van der Waals surface area contributed by atoms with E-state index in [1.807, 2.05) is 32.0 Å². The van der Waals surface area contributed by atoms with Gasteiger partial charge in [0.2, 0.25) is 0 Å². The van der Waals surface area contributed by atoms with E-state index in [0.717, 1.165) is 5.69 Å². The topological polar surface area (TPSA) is 87.4 Å². The first-order chi connectivity index (χ1) is 11.3. The normalized spacial score (nSPS) is 14.9. The van der Waals surface area contributed by atoms with Crippen molar-refractivity contribution in [2.45, 2.75) is 39.3 Å². The molecule has 0 aliphatic rings. The number of nitrogens with one attached hydrogen (secondary N) is 2. The predicted molar refractivity (Wildman–Crippen MR) is 91.4 cm³/mol. The highest BCUT2D eigenvalue weighted by atomic mass is 16.4. The van der Waals surface area contributed by atoms with Crippen molar-refractivity contribution in [2.24, 2.45) is 5.92 Å². The lowest BCUT2D eigenvalue weighted by molar-refractivity contribution is 0.0358. The zero-order valence-corrected chi connectivity index (χ0v) is 14.5. The lowest BCUT2D eigenvalue weighted by atomic mass is 10.0. The molecule has 2 heterocycles. The maximum Gasteiger partial charge on any atom is 0.315 e. The van der Waals surface area contributed by atoms with Crippen LogP contribution in [0, 0.1) is 12.8 Å². The molecule has 2 aromatic heterocycles. The van der Waals surface area contributed by atoms with Gasteiger partial charge in [0.1, 0.15) is 17.1 Å². The van der Waals surface area contributed by atoms with Gasteiger partial charge in [0.05, 0.1) is 18.3 Å². The van der Waals surface area contributed by atoms with Gasteiger partial charge in [0.15, 0.2) is 0 Å². The van der Waals surface area contributed by atoms with Gasteiger partial charge in [0.25, 0.3) is 0 Å². The number of hydrogen-bond acceptors (Lipinski definition) is 4. The largest absolute Gasteiger partial charge is 0.463 e. The molecule has 3 N–H and O–H groups in total. The standard InChI is InChI=1S/C18H25N3O3/c1-12(2)16(14-7-5-6-10-19-14)21-17(22)20-11-18(4,23)15-9-8-13(3)24-15/h5-10,12,16,23H,11H2,1-4H3,(H2,20,21,22). The SMILES string of the molecule is Cc1ccc(C(C)(O)CNC(=O)NC(c2ccccn2)C(C)C)o1. The van der Waals surface area contributed by atoms with Crippen molar-refractivity contribution in [1.29, 1.82) is 0 Å². The van der Waals surface area contributed by atoms with E-state index in [2.05, 4.69) is 15.6 Å². The number of rotatable bonds is 6. The number of aryl methyl sites for hydroxylation is 1. The van der Waals surface area contributed by atoms with Crippen LogP contribution in [0.2, 0.25) is 0 Å². The summed E-state index contributed by atoms with van der Waals surface area (Å²) in [7, 11) is 0. The Labute approximate surface area is 142 Å². The minimum absolute atomic E-state index is 0.0405. The number of hydrogen-bond donors (Lipinski definition) is 3. The Balaban J connectivity index is 1.96. The summed E-state index contributed by atoms with van der Waals surface area (Å²) in [6.45, 7) is 7.48. The van der Waals surface area contributed by atoms with Gasteiger partial charge in [-0.3, -0.25) is 4.98 Å². The van der Waals surface area contributed by atoms with Crippen LogP contribution < -0.4 is 10.6 Å². The van der Waals surface area contributed by atoms with E-state index in [4.69, 9.17) is 4.42 Å². The summed E-state index contributed by atoms with van der Waals surface area (Å²) in [4.78, 5) is 16.5. The van der Waals surface area contributed by atoms with E-state index in [1.165, 1.54) is 0 Å². The minimum atomic E-state index is -1.27. The first kappa shape index (κ1) is 18.0. The van der Waals surface area contributed by atoms with Crippen LogP contribution in [0.4, 0.5) is 4.79 Å². The van der Waals surface area contributed by atoms with Crippen molar-refractivity contribution >= 4 is 6.03 Å². The smallest absolute Gasteiger partial charge is 0.315 e. The highest BCUT2D eigenvalue weighted by Crippen LogP contribution is 2.22. The maximum atomic E-state index is 12.2. The van der Waals surface area contributed by atoms with Crippen LogP contribution in [0.25, 0.3) is 0 Å². The Morgan fingerprint density at radius 2 is 2.08 bits per heavy atom. The number of furan rings is 1. The van der Waals surface area contributed by atoms with Crippen LogP contribution in [-0.4, -0.2) is 22.7 Å². The van der Waals surface area contributed by atoms with Crippen molar-refractivity contribution in [3.8, 4) is 0 Å². The fourth-order valence-corrected chi connectivity index (χ4v) is 2.40. The van der Waals surface area contributed by atoms with E-state index < -0.39 is 5.60 Å². The van der Waals surface area contributed by atoms with Crippen LogP contribution in [0.1, 0.15) is 44.0 Å². The Morgan fingerprint density at radius 1 is 1.33 bits per heavy atom. The molecule has 130 valence electrons. The van der Waals surface area contributed by atoms with E-state index in [9.17, 15) is 9.90 Å². The molecule has 0 radical (unpaired) electrons. The molecule has 2 atom stereocenters. The third-order valence-electron chi connectivity index (χ3n) is 3.82. The molecule has 6 nitrogen and oxygen atoms in total. The number of carbonyl (C=O) groups is 1. The van der Waals surface area contributed by atoms with Crippen LogP contribution in [0.3, 0.4) is 0 Å². The quantitative estimate of drug-likeness (QED) is 0.759. The average molecular weight is 331 g/mol. The van der Waals surface area contributed by atoms with Crippen molar-refractivity contribution in [1.82, 2.24) is 15.6 Å². The summed E-state index contributed by atoms with van der Waals surface area (Å²) in [6, 6.07) is 8.53. The second-order valence-corrected chi connectivity index (χ2v) is 6.49. The number of pyridine rings is 1. The molecule has 0 aliphatic heterocycles. The molecule has 0 saturated heterocycles. The maximum absolute atomic E-state index is 12.2. The highest BCUT2D eigenvalue weighted by Gasteiger charge is 2.28. The molecule has 2 amide bonds. The van der Waals surface area contributed by atoms with Gasteiger partial charge < -0.3 is 20.2 Å². The Hall–Kier alpha value is -2.34. The van der Waals surface area contributed by atoms with Gasteiger partial charge in [-0.2, -0.15) is 0 Å². The van der Waals surface area contributed by atoms with E-state index >= 15 is 0 Å². The summed E-state index contributed by atoms with van der Waals surface area (Å²) in [6.07, 6.45) is 1.70. The number of carbonyl (C=O) groups excluding carboxylic acids is 1. The number of amides is 2. The first-order valence-corrected chi connectivity index (χ1v) is 8.04. The Morgan fingerprint density at radius 3 is 2.62 bits per heavy atom. The molecule has 2 aromatic rings. The molecule has 2 rings (SSSR count). The van der Waals surface area contributed by atoms with E-state index in [1.54, 1.807) is 32.2 Å². The number of urea groups is 1. The summed E-state index contributed by atoms with van der Waals surface area (Å²) in [5.74, 6) is 1.31. The van der Waals surface area contributed by atoms with Gasteiger partial charge in [0, 0.05) is 6.20 Å². The lowest BCUT2D eigenvalue weighted by Crippen LogP contribution is -2.45. The minimum Gasteiger partial charge on any atom is -0.463 e. The summed E-state index contributed by atoms with van der Waals surface area (Å²) < 4.78 is 5.44. The lowest BCUT2D eigenvalue weighted by Gasteiger charge is -2.25. The van der Waals surface area contributed by atoms with Crippen LogP contribution in [0.5, 0.6) is 0 Å². The Bertz CT molecular complexity index is 665. The second kappa shape index (κ2) is 7.49. The molecule has 0 saturated carbocycles. The molecule has 2 unspecified atom stereocenters. The number of aliphatic hydroxyl groups is 1. The fourth-order valence-electron chi connectivity index (χ4n) is 2.40. The number of aromatic nitrogens is 1. The fraction of sp³-hybridized carbons (Fsp3) is 0.444. The zero-order valence-electron chi connectivity index (χ0n) is 14.5. The number of nitrogens with zero attached hydrogens (tertiary/aromatic N) is 1. The third kappa shape index (κ3) is 4.58. The average Bonchev–Trinajstić information content (AvgIpc) is 2.99. The summed E-state index contributed by atoms with van der Waals surface area (Å²) >= 11 is 0. The van der Waals surface area contributed by atoms with Crippen molar-refractivity contribution in [2.75, 3.05) is 6.54 Å². The molecule has 0 fully saturated rings. The highest BCUT2D eigenvalue weighted by molar-refractivity contribution is 5.74. The van der Waals surface area contributed by atoms with E-state index in [0.29, 0.717) is 11.5 Å². The third-order valence-corrected chi connectivity index (χ3v) is 3.82. The molecule has 24 heavy (non-hydrogen) atoms. The molecule has 0 aromatic carbocycles. The summed E-state index contributed by atoms with van der Waals surface area (Å²) in [5, 5.41) is 16.1. The molecule has 0 spiro atoms. The molecule has 0 bridgehead atoms. The second-order valence-electron chi connectivity index (χ2n) is 6.49. The monoisotopic (exact) mass is 331 g/mol. The summed E-state index contributed by atoms with van der Waals surface area (Å²) in [5.41, 5.74) is -0.472. The van der Waals surface area contributed by atoms with E-state index in [-0.39, 0.29) is 24.5 Å². The molecular formula is C18H25N3O3. The zero-order chi connectivity index (χ0) is 17.7. The van der Waals surface area contributed by atoms with Gasteiger partial charge >= 0.3 is 6.03 Å². The predicted octanol–water partition coefficient (Wildman–Crippen LogP) is 2.89. The van der Waals surface area contributed by atoms with Crippen LogP contribution >= 0.6 is 0 Å². The van der Waals surface area contributed by atoms with Crippen molar-refractivity contribution in [3.63, 3.8) is 0 Å². The Kier molecular flexibility index (Phi) is 5.62. The van der Waals surface area contributed by atoms with Crippen molar-refractivity contribution < 1.29 is 14.3 Å². The van der Waals surface area contributed by atoms with Gasteiger partial charge in [-0.25, -0.2) is 4.79 Å². The van der Waals surface area contributed by atoms with Crippen LogP contribution in [0.15, 0.2) is 40.9 Å².